The van der Waals surface area contributed by atoms with Crippen molar-refractivity contribution in [2.75, 3.05) is 0 Å². The second-order valence-electron chi connectivity index (χ2n) is 7.36. The molecule has 0 heterocycles. The summed E-state index contributed by atoms with van der Waals surface area (Å²) in [6, 6.07) is 0. The van der Waals surface area contributed by atoms with Gasteiger partial charge in [-0.2, -0.15) is 0 Å². The second-order valence-corrected chi connectivity index (χ2v) is 7.36. The quantitative estimate of drug-likeness (QED) is 0.199. The number of carbonyl (C=O) groups is 2. The average molecular weight is 369 g/mol. The van der Waals surface area contributed by atoms with Crippen molar-refractivity contribution in [2.45, 2.75) is 110 Å². The molecule has 0 rings (SSSR count). The van der Waals surface area contributed by atoms with E-state index >= 15 is 0 Å². The molecule has 1 unspecified atom stereocenters. The molecule has 2 N–H and O–H groups in total. The van der Waals surface area contributed by atoms with Crippen LogP contribution in [0.15, 0.2) is 12.2 Å². The minimum atomic E-state index is -1.03. The molecule has 0 aliphatic carbocycles. The smallest absolute Gasteiger partial charge is 0.307 e. The monoisotopic (exact) mass is 368 g/mol. The maximum atomic E-state index is 11.0. The van der Waals surface area contributed by atoms with Crippen molar-refractivity contribution < 1.29 is 19.8 Å². The SMILES string of the molecule is CCCCCCCC/C=C\CCCCCCCCC(CC(=O)O)C(=O)O. The molecule has 0 aromatic carbocycles. The van der Waals surface area contributed by atoms with Gasteiger partial charge >= 0.3 is 11.9 Å². The maximum absolute atomic E-state index is 11.0. The van der Waals surface area contributed by atoms with Crippen molar-refractivity contribution in [3.8, 4) is 0 Å². The van der Waals surface area contributed by atoms with Crippen LogP contribution >= 0.6 is 0 Å². The van der Waals surface area contributed by atoms with E-state index in [4.69, 9.17) is 10.2 Å². The third-order valence-corrected chi connectivity index (χ3v) is 4.83. The number of carboxylic acids is 2. The van der Waals surface area contributed by atoms with Crippen LogP contribution in [0.2, 0.25) is 0 Å². The van der Waals surface area contributed by atoms with E-state index in [0.29, 0.717) is 6.42 Å². The molecule has 0 fully saturated rings. The fourth-order valence-electron chi connectivity index (χ4n) is 3.16. The van der Waals surface area contributed by atoms with Gasteiger partial charge < -0.3 is 10.2 Å². The molecule has 1 atom stereocenters. The normalized spacial score (nSPS) is 12.5. The summed E-state index contributed by atoms with van der Waals surface area (Å²) in [4.78, 5) is 21.6. The summed E-state index contributed by atoms with van der Waals surface area (Å²) >= 11 is 0. The van der Waals surface area contributed by atoms with E-state index in [1.165, 1.54) is 64.2 Å². The Kier molecular flexibility index (Phi) is 17.5. The highest BCUT2D eigenvalue weighted by molar-refractivity contribution is 5.77. The van der Waals surface area contributed by atoms with Gasteiger partial charge in [-0.1, -0.05) is 83.3 Å². The molecule has 4 nitrogen and oxygen atoms in total. The molecule has 0 radical (unpaired) electrons. The molecular weight excluding hydrogens is 328 g/mol. The van der Waals surface area contributed by atoms with Gasteiger partial charge in [0.25, 0.3) is 0 Å². The Hall–Kier alpha value is -1.32. The predicted molar refractivity (Wildman–Crippen MR) is 107 cm³/mol. The van der Waals surface area contributed by atoms with Crippen molar-refractivity contribution in [1.82, 2.24) is 0 Å². The molecule has 0 saturated heterocycles. The Morgan fingerprint density at radius 1 is 0.731 bits per heavy atom. The van der Waals surface area contributed by atoms with E-state index in [2.05, 4.69) is 19.1 Å². The van der Waals surface area contributed by atoms with Gasteiger partial charge in [-0.05, 0) is 32.1 Å². The van der Waals surface area contributed by atoms with Crippen LogP contribution in [0, 0.1) is 5.92 Å². The summed E-state index contributed by atoms with van der Waals surface area (Å²) in [5.74, 6) is -2.74. The van der Waals surface area contributed by atoms with Crippen LogP contribution in [0.4, 0.5) is 0 Å². The molecule has 0 amide bonds. The summed E-state index contributed by atoms with van der Waals surface area (Å²) in [6.07, 6.45) is 21.9. The zero-order valence-corrected chi connectivity index (χ0v) is 16.8. The van der Waals surface area contributed by atoms with Crippen LogP contribution in [0.5, 0.6) is 0 Å². The van der Waals surface area contributed by atoms with E-state index in [-0.39, 0.29) is 6.42 Å². The number of hydrogen-bond acceptors (Lipinski definition) is 2. The molecule has 0 aromatic rings. The largest absolute Gasteiger partial charge is 0.481 e. The van der Waals surface area contributed by atoms with Gasteiger partial charge in [0.1, 0.15) is 0 Å². The highest BCUT2D eigenvalue weighted by atomic mass is 16.4. The van der Waals surface area contributed by atoms with Crippen LogP contribution in [-0.4, -0.2) is 22.2 Å². The average Bonchev–Trinajstić information content (AvgIpc) is 2.59. The summed E-state index contributed by atoms with van der Waals surface area (Å²) < 4.78 is 0. The lowest BCUT2D eigenvalue weighted by molar-refractivity contribution is -0.148. The van der Waals surface area contributed by atoms with E-state index in [0.717, 1.165) is 25.7 Å². The maximum Gasteiger partial charge on any atom is 0.307 e. The summed E-state index contributed by atoms with van der Waals surface area (Å²) in [7, 11) is 0. The van der Waals surface area contributed by atoms with Crippen LogP contribution in [0.1, 0.15) is 110 Å². The summed E-state index contributed by atoms with van der Waals surface area (Å²) in [5.41, 5.74) is 0. The molecule has 152 valence electrons. The molecule has 0 spiro atoms. The number of rotatable bonds is 19. The Morgan fingerprint density at radius 3 is 1.65 bits per heavy atom. The number of carboxylic acid groups (broad SMARTS) is 2. The molecule has 0 aliphatic heterocycles. The third kappa shape index (κ3) is 17.5. The number of hydrogen-bond donors (Lipinski definition) is 2. The molecule has 26 heavy (non-hydrogen) atoms. The van der Waals surface area contributed by atoms with E-state index < -0.39 is 17.9 Å². The van der Waals surface area contributed by atoms with Crippen LogP contribution in [0.3, 0.4) is 0 Å². The van der Waals surface area contributed by atoms with Gasteiger partial charge in [-0.3, -0.25) is 9.59 Å². The first-order chi connectivity index (χ1) is 12.6. The zero-order chi connectivity index (χ0) is 19.5. The zero-order valence-electron chi connectivity index (χ0n) is 16.8. The van der Waals surface area contributed by atoms with Gasteiger partial charge in [0.2, 0.25) is 0 Å². The third-order valence-electron chi connectivity index (χ3n) is 4.83. The Morgan fingerprint density at radius 2 is 1.19 bits per heavy atom. The first-order valence-electron chi connectivity index (χ1n) is 10.7. The Balaban J connectivity index is 3.36. The van der Waals surface area contributed by atoms with Crippen LogP contribution in [-0.2, 0) is 9.59 Å². The Labute approximate surface area is 160 Å². The van der Waals surface area contributed by atoms with Gasteiger partial charge in [0, 0.05) is 0 Å². The lowest BCUT2D eigenvalue weighted by Crippen LogP contribution is -2.17. The van der Waals surface area contributed by atoms with Crippen molar-refractivity contribution in [1.29, 1.82) is 0 Å². The lowest BCUT2D eigenvalue weighted by Gasteiger charge is -2.09. The molecule has 0 aromatic heterocycles. The standard InChI is InChI=1S/C22H40O4/c1-2-3-4-5-6-7-8-9-10-11-12-13-14-15-16-17-18-20(22(25)26)19-21(23)24/h9-10,20H,2-8,11-19H2,1H3,(H,23,24)(H,25,26)/b10-9-. The fraction of sp³-hybridized carbons (Fsp3) is 0.818. The van der Waals surface area contributed by atoms with E-state index in [1.807, 2.05) is 0 Å². The first kappa shape index (κ1) is 24.7. The molecular formula is C22H40O4. The fourth-order valence-corrected chi connectivity index (χ4v) is 3.16. The van der Waals surface area contributed by atoms with Crippen molar-refractivity contribution in [3.63, 3.8) is 0 Å². The lowest BCUT2D eigenvalue weighted by atomic mass is 9.97. The molecule has 4 heteroatoms. The number of unbranched alkanes of at least 4 members (excludes halogenated alkanes) is 12. The number of aliphatic carboxylic acids is 2. The van der Waals surface area contributed by atoms with Gasteiger partial charge in [-0.15, -0.1) is 0 Å². The second kappa shape index (κ2) is 18.5. The van der Waals surface area contributed by atoms with E-state index in [9.17, 15) is 9.59 Å². The first-order valence-corrected chi connectivity index (χ1v) is 10.7. The number of allylic oxidation sites excluding steroid dienone is 2. The van der Waals surface area contributed by atoms with Crippen molar-refractivity contribution in [2.24, 2.45) is 5.92 Å². The molecule has 0 bridgehead atoms. The van der Waals surface area contributed by atoms with Crippen LogP contribution < -0.4 is 0 Å². The highest BCUT2D eigenvalue weighted by Gasteiger charge is 2.20. The Bertz CT molecular complexity index is 376. The molecule has 0 aliphatic rings. The highest BCUT2D eigenvalue weighted by Crippen LogP contribution is 2.16. The minimum absolute atomic E-state index is 0.263. The summed E-state index contributed by atoms with van der Waals surface area (Å²) in [6.45, 7) is 2.25. The van der Waals surface area contributed by atoms with Gasteiger partial charge in [0.15, 0.2) is 0 Å². The molecule has 0 saturated carbocycles. The minimum Gasteiger partial charge on any atom is -0.481 e. The van der Waals surface area contributed by atoms with Crippen molar-refractivity contribution >= 4 is 11.9 Å². The van der Waals surface area contributed by atoms with Gasteiger partial charge in [-0.25, -0.2) is 0 Å². The summed E-state index contributed by atoms with van der Waals surface area (Å²) in [5, 5.41) is 17.7. The van der Waals surface area contributed by atoms with E-state index in [1.54, 1.807) is 0 Å². The predicted octanol–water partition coefficient (Wildman–Crippen LogP) is 6.59. The van der Waals surface area contributed by atoms with Crippen LogP contribution in [0.25, 0.3) is 0 Å². The van der Waals surface area contributed by atoms with Gasteiger partial charge in [0.05, 0.1) is 12.3 Å². The topological polar surface area (TPSA) is 74.6 Å². The van der Waals surface area contributed by atoms with Crippen molar-refractivity contribution in [3.05, 3.63) is 12.2 Å².